The lowest BCUT2D eigenvalue weighted by Gasteiger charge is -2.16. The molecule has 0 heterocycles. The van der Waals surface area contributed by atoms with Gasteiger partial charge < -0.3 is 10.5 Å². The first-order chi connectivity index (χ1) is 5.91. The molecule has 0 unspecified atom stereocenters. The number of rotatable bonds is 1. The highest BCUT2D eigenvalue weighted by Crippen LogP contribution is 2.24. The highest BCUT2D eigenvalue weighted by atomic mass is 19.4. The number of nitrogens with two attached hydrogens (primary N) is 1. The van der Waals surface area contributed by atoms with Crippen molar-refractivity contribution in [3.8, 4) is 0 Å². The molecule has 0 aromatic heterocycles. The van der Waals surface area contributed by atoms with E-state index in [1.165, 1.54) is 0 Å². The van der Waals surface area contributed by atoms with Crippen LogP contribution < -0.4 is 5.73 Å². The van der Waals surface area contributed by atoms with E-state index in [-0.39, 0.29) is 0 Å². The summed E-state index contributed by atoms with van der Waals surface area (Å²) in [5.74, 6) is -2.14. The molecule has 0 amide bonds. The maximum absolute atomic E-state index is 11.7. The van der Waals surface area contributed by atoms with Crippen LogP contribution in [0.1, 0.15) is 19.3 Å². The molecule has 2 atom stereocenters. The first kappa shape index (κ1) is 10.3. The van der Waals surface area contributed by atoms with Crippen LogP contribution in [0, 0.1) is 0 Å². The summed E-state index contributed by atoms with van der Waals surface area (Å²) >= 11 is 0. The normalized spacial score (nSPS) is 28.9. The number of carbonyl (C=O) groups is 1. The summed E-state index contributed by atoms with van der Waals surface area (Å²) in [4.78, 5) is 10.4. The summed E-state index contributed by atoms with van der Waals surface area (Å²) in [6.45, 7) is 0. The van der Waals surface area contributed by atoms with E-state index in [2.05, 4.69) is 4.74 Å². The van der Waals surface area contributed by atoms with E-state index < -0.39 is 24.3 Å². The van der Waals surface area contributed by atoms with Gasteiger partial charge in [0.05, 0.1) is 0 Å². The molecule has 2 N–H and O–H groups in total. The third kappa shape index (κ3) is 2.58. The summed E-state index contributed by atoms with van der Waals surface area (Å²) in [7, 11) is 0. The SMILES string of the molecule is N[C@@H]1CCC[C@H]1OC(=O)C(F)(F)F. The Morgan fingerprint density at radius 3 is 2.38 bits per heavy atom. The van der Waals surface area contributed by atoms with Gasteiger partial charge in [-0.15, -0.1) is 0 Å². The largest absolute Gasteiger partial charge is 0.490 e. The minimum absolute atomic E-state index is 0.420. The predicted octanol–water partition coefficient (Wildman–Crippen LogP) is 0.972. The Hall–Kier alpha value is -0.780. The van der Waals surface area contributed by atoms with Crippen LogP contribution in [-0.4, -0.2) is 24.3 Å². The third-order valence-electron chi connectivity index (χ3n) is 1.99. The maximum atomic E-state index is 11.7. The first-order valence-corrected chi connectivity index (χ1v) is 3.94. The molecule has 1 rings (SSSR count). The van der Waals surface area contributed by atoms with Gasteiger partial charge in [-0.3, -0.25) is 0 Å². The second-order valence-corrected chi connectivity index (χ2v) is 3.04. The van der Waals surface area contributed by atoms with Gasteiger partial charge in [0.1, 0.15) is 6.10 Å². The van der Waals surface area contributed by atoms with Gasteiger partial charge in [-0.2, -0.15) is 13.2 Å². The summed E-state index contributed by atoms with van der Waals surface area (Å²) in [5, 5.41) is 0. The zero-order chi connectivity index (χ0) is 10.1. The zero-order valence-corrected chi connectivity index (χ0v) is 6.80. The fraction of sp³-hybridized carbons (Fsp3) is 0.857. The molecule has 0 spiro atoms. The van der Waals surface area contributed by atoms with Crippen molar-refractivity contribution in [1.29, 1.82) is 0 Å². The number of halogens is 3. The van der Waals surface area contributed by atoms with Crippen molar-refractivity contribution in [2.24, 2.45) is 5.73 Å². The van der Waals surface area contributed by atoms with Crippen molar-refractivity contribution in [2.45, 2.75) is 37.6 Å². The van der Waals surface area contributed by atoms with Crippen LogP contribution in [0.25, 0.3) is 0 Å². The van der Waals surface area contributed by atoms with Crippen molar-refractivity contribution in [2.75, 3.05) is 0 Å². The fourth-order valence-corrected chi connectivity index (χ4v) is 1.31. The van der Waals surface area contributed by atoms with Gasteiger partial charge in [0, 0.05) is 6.04 Å². The van der Waals surface area contributed by atoms with Gasteiger partial charge in [-0.25, -0.2) is 4.79 Å². The molecule has 0 saturated heterocycles. The van der Waals surface area contributed by atoms with Crippen LogP contribution in [0.4, 0.5) is 13.2 Å². The van der Waals surface area contributed by atoms with Crippen molar-refractivity contribution in [1.82, 2.24) is 0 Å². The van der Waals surface area contributed by atoms with Crippen LogP contribution in [0.15, 0.2) is 0 Å². The van der Waals surface area contributed by atoms with Crippen LogP contribution in [0.2, 0.25) is 0 Å². The Morgan fingerprint density at radius 1 is 1.38 bits per heavy atom. The molecule has 76 valence electrons. The molecular formula is C7H10F3NO2. The molecule has 3 nitrogen and oxygen atoms in total. The Balaban J connectivity index is 2.45. The van der Waals surface area contributed by atoms with Gasteiger partial charge in [0.15, 0.2) is 0 Å². The molecule has 6 heteroatoms. The number of hydrogen-bond acceptors (Lipinski definition) is 3. The number of hydrogen-bond donors (Lipinski definition) is 1. The minimum Gasteiger partial charge on any atom is -0.454 e. The molecule has 0 aliphatic heterocycles. The second kappa shape index (κ2) is 3.53. The fourth-order valence-electron chi connectivity index (χ4n) is 1.31. The average Bonchev–Trinajstić information content (AvgIpc) is 2.34. The van der Waals surface area contributed by atoms with E-state index in [4.69, 9.17) is 5.73 Å². The van der Waals surface area contributed by atoms with Gasteiger partial charge in [-0.05, 0) is 19.3 Å². The Kier molecular flexibility index (Phi) is 2.80. The molecule has 0 aromatic carbocycles. The Morgan fingerprint density at radius 2 is 2.00 bits per heavy atom. The molecule has 1 aliphatic carbocycles. The summed E-state index contributed by atoms with van der Waals surface area (Å²) in [6, 6.07) is -0.452. The molecule has 1 fully saturated rings. The van der Waals surface area contributed by atoms with Crippen molar-refractivity contribution < 1.29 is 22.7 Å². The third-order valence-corrected chi connectivity index (χ3v) is 1.99. The van der Waals surface area contributed by atoms with E-state index in [0.29, 0.717) is 19.3 Å². The van der Waals surface area contributed by atoms with Gasteiger partial charge >= 0.3 is 12.1 Å². The highest BCUT2D eigenvalue weighted by Gasteiger charge is 2.43. The summed E-state index contributed by atoms with van der Waals surface area (Å²) in [5.41, 5.74) is 5.43. The smallest absolute Gasteiger partial charge is 0.454 e. The molecular weight excluding hydrogens is 187 g/mol. The van der Waals surface area contributed by atoms with Crippen LogP contribution in [-0.2, 0) is 9.53 Å². The maximum Gasteiger partial charge on any atom is 0.490 e. The van der Waals surface area contributed by atoms with E-state index in [0.717, 1.165) is 0 Å². The summed E-state index contributed by atoms with van der Waals surface area (Å²) < 4.78 is 39.3. The van der Waals surface area contributed by atoms with Gasteiger partial charge in [0.25, 0.3) is 0 Å². The predicted molar refractivity (Wildman–Crippen MR) is 37.8 cm³/mol. The molecule has 1 saturated carbocycles. The zero-order valence-electron chi connectivity index (χ0n) is 6.80. The monoisotopic (exact) mass is 197 g/mol. The molecule has 0 aromatic rings. The first-order valence-electron chi connectivity index (χ1n) is 3.94. The van der Waals surface area contributed by atoms with Crippen LogP contribution in [0.3, 0.4) is 0 Å². The lowest BCUT2D eigenvalue weighted by molar-refractivity contribution is -0.205. The number of alkyl halides is 3. The average molecular weight is 197 g/mol. The lowest BCUT2D eigenvalue weighted by atomic mass is 10.2. The Labute approximate surface area is 73.0 Å². The van der Waals surface area contributed by atoms with Gasteiger partial charge in [-0.1, -0.05) is 0 Å². The number of esters is 1. The topological polar surface area (TPSA) is 52.3 Å². The van der Waals surface area contributed by atoms with E-state index >= 15 is 0 Å². The summed E-state index contributed by atoms with van der Waals surface area (Å²) in [6.07, 6.45) is -3.95. The number of carbonyl (C=O) groups excluding carboxylic acids is 1. The van der Waals surface area contributed by atoms with E-state index in [9.17, 15) is 18.0 Å². The quantitative estimate of drug-likeness (QED) is 0.637. The van der Waals surface area contributed by atoms with E-state index in [1.54, 1.807) is 0 Å². The second-order valence-electron chi connectivity index (χ2n) is 3.04. The van der Waals surface area contributed by atoms with Crippen molar-refractivity contribution in [3.63, 3.8) is 0 Å². The standard InChI is InChI=1S/C7H10F3NO2/c8-7(9,10)6(12)13-5-3-1-2-4(5)11/h4-5H,1-3,11H2/t4-,5-/m1/s1. The minimum atomic E-state index is -4.91. The highest BCUT2D eigenvalue weighted by molar-refractivity contribution is 5.75. The van der Waals surface area contributed by atoms with Crippen molar-refractivity contribution in [3.05, 3.63) is 0 Å². The van der Waals surface area contributed by atoms with Crippen LogP contribution >= 0.6 is 0 Å². The van der Waals surface area contributed by atoms with Gasteiger partial charge in [0.2, 0.25) is 0 Å². The van der Waals surface area contributed by atoms with E-state index in [1.807, 2.05) is 0 Å². The number of ether oxygens (including phenoxy) is 1. The van der Waals surface area contributed by atoms with Crippen LogP contribution in [0.5, 0.6) is 0 Å². The Bertz CT molecular complexity index is 204. The molecule has 0 radical (unpaired) electrons. The molecule has 1 aliphatic rings. The lowest BCUT2D eigenvalue weighted by Crippen LogP contribution is -2.37. The molecule has 0 bridgehead atoms. The van der Waals surface area contributed by atoms with Crippen molar-refractivity contribution >= 4 is 5.97 Å². The molecule has 13 heavy (non-hydrogen) atoms.